The molecule has 2 aromatic rings. The third kappa shape index (κ3) is 8.87. The minimum Gasteiger partial charge on any atom is -0.340 e. The zero-order valence-electron chi connectivity index (χ0n) is 23.0. The summed E-state index contributed by atoms with van der Waals surface area (Å²) in [6.07, 6.45) is 15.3. The van der Waals surface area contributed by atoms with Crippen molar-refractivity contribution < 1.29 is 0 Å². The summed E-state index contributed by atoms with van der Waals surface area (Å²) < 4.78 is 0. The monoisotopic (exact) mass is 522 g/mol. The van der Waals surface area contributed by atoms with Gasteiger partial charge in [-0.3, -0.25) is 0 Å². The Morgan fingerprint density at radius 1 is 0.972 bits per heavy atom. The van der Waals surface area contributed by atoms with Crippen molar-refractivity contribution >= 4 is 34.7 Å². The Balaban J connectivity index is 0.000000214. The third-order valence-electron chi connectivity index (χ3n) is 6.59. The molecule has 0 saturated carbocycles. The van der Waals surface area contributed by atoms with Gasteiger partial charge < -0.3 is 9.80 Å². The van der Waals surface area contributed by atoms with Gasteiger partial charge in [0, 0.05) is 21.4 Å². The van der Waals surface area contributed by atoms with E-state index in [9.17, 15) is 0 Å². The van der Waals surface area contributed by atoms with E-state index in [4.69, 9.17) is 11.6 Å². The maximum absolute atomic E-state index is 6.21. The van der Waals surface area contributed by atoms with E-state index in [1.807, 2.05) is 17.8 Å². The van der Waals surface area contributed by atoms with Gasteiger partial charge in [0.2, 0.25) is 0 Å². The van der Waals surface area contributed by atoms with Gasteiger partial charge in [0.25, 0.3) is 0 Å². The molecule has 1 heterocycles. The summed E-state index contributed by atoms with van der Waals surface area (Å²) in [7, 11) is 4.23. The molecular weight excluding hydrogens is 480 g/mol. The summed E-state index contributed by atoms with van der Waals surface area (Å²) in [6.45, 7) is 11.2. The Hall–Kier alpha value is -1.94. The molecule has 0 radical (unpaired) electrons. The van der Waals surface area contributed by atoms with Crippen LogP contribution in [-0.4, -0.2) is 32.1 Å². The van der Waals surface area contributed by atoms with E-state index in [2.05, 4.69) is 112 Å². The first kappa shape index (κ1) is 28.6. The van der Waals surface area contributed by atoms with Crippen LogP contribution in [0.5, 0.6) is 0 Å². The molecule has 2 aliphatic rings. The number of hydrogen-bond acceptors (Lipinski definition) is 3. The average molecular weight is 523 g/mol. The number of para-hydroxylation sites is 1. The molecule has 4 rings (SSSR count). The molecule has 0 amide bonds. The first-order chi connectivity index (χ1) is 17.1. The van der Waals surface area contributed by atoms with Crippen LogP contribution in [0.1, 0.15) is 59.8 Å². The lowest BCUT2D eigenvalue weighted by Gasteiger charge is -2.33. The Morgan fingerprint density at radius 3 is 2.50 bits per heavy atom. The number of nitrogens with zero attached hydrogens (tertiary/aromatic N) is 2. The normalized spacial score (nSPS) is 17.2. The van der Waals surface area contributed by atoms with Crippen LogP contribution < -0.4 is 4.90 Å². The second kappa shape index (κ2) is 13.6. The van der Waals surface area contributed by atoms with Crippen LogP contribution >= 0.6 is 23.4 Å². The van der Waals surface area contributed by atoms with Gasteiger partial charge in [-0.15, -0.1) is 0 Å². The molecule has 36 heavy (non-hydrogen) atoms. The molecule has 2 nitrogen and oxygen atoms in total. The van der Waals surface area contributed by atoms with E-state index >= 15 is 0 Å². The van der Waals surface area contributed by atoms with Crippen LogP contribution in [0.25, 0.3) is 0 Å². The van der Waals surface area contributed by atoms with Crippen molar-refractivity contribution in [2.24, 2.45) is 5.41 Å². The van der Waals surface area contributed by atoms with Crippen molar-refractivity contribution in [3.8, 4) is 0 Å². The molecule has 0 spiro atoms. The molecule has 0 saturated heterocycles. The molecule has 194 valence electrons. The Bertz CT molecular complexity index is 1100. The first-order valence-corrected chi connectivity index (χ1v) is 14.3. The van der Waals surface area contributed by atoms with E-state index in [-0.39, 0.29) is 0 Å². The quantitative estimate of drug-likeness (QED) is 0.369. The minimum absolute atomic E-state index is 0.311. The summed E-state index contributed by atoms with van der Waals surface area (Å²) in [5.41, 5.74) is 5.85. The van der Waals surface area contributed by atoms with Crippen molar-refractivity contribution in [3.05, 3.63) is 82.9 Å². The van der Waals surface area contributed by atoms with Crippen molar-refractivity contribution in [2.45, 2.75) is 69.6 Å². The fraction of sp³-hybridized carbons (Fsp3) is 0.438. The molecule has 0 unspecified atom stereocenters. The fourth-order valence-corrected chi connectivity index (χ4v) is 5.63. The second-order valence-electron chi connectivity index (χ2n) is 10.9. The van der Waals surface area contributed by atoms with E-state index in [0.29, 0.717) is 5.41 Å². The maximum atomic E-state index is 6.21. The van der Waals surface area contributed by atoms with Gasteiger partial charge in [0.05, 0.1) is 11.4 Å². The predicted molar refractivity (Wildman–Crippen MR) is 161 cm³/mol. The van der Waals surface area contributed by atoms with Crippen LogP contribution in [-0.2, 0) is 0 Å². The Labute approximate surface area is 229 Å². The molecule has 1 aliphatic carbocycles. The fourth-order valence-electron chi connectivity index (χ4n) is 4.39. The lowest BCUT2D eigenvalue weighted by Crippen LogP contribution is -2.25. The number of hydrogen-bond donors (Lipinski definition) is 0. The Morgan fingerprint density at radius 2 is 1.72 bits per heavy atom. The van der Waals surface area contributed by atoms with E-state index in [1.54, 1.807) is 0 Å². The zero-order chi connectivity index (χ0) is 26.1. The lowest BCUT2D eigenvalue weighted by molar-refractivity contribution is 0.402. The molecule has 0 N–H and O–H groups in total. The van der Waals surface area contributed by atoms with Crippen LogP contribution in [0, 0.1) is 5.41 Å². The predicted octanol–water partition coefficient (Wildman–Crippen LogP) is 9.93. The van der Waals surface area contributed by atoms with Crippen molar-refractivity contribution in [3.63, 3.8) is 0 Å². The molecule has 0 atom stereocenters. The zero-order valence-corrected chi connectivity index (χ0v) is 24.6. The first-order valence-electron chi connectivity index (χ1n) is 13.1. The number of halogens is 1. The summed E-state index contributed by atoms with van der Waals surface area (Å²) in [5, 5.41) is 0.798. The standard InChI is InChI=1S/C17H19ClN2S.C15H24/c1-19(2)10-5-11-20-14-6-3-4-7-16(14)21-17-9-8-13(18)12-15(17)20;1-13-7-5-8-14(2)10-12-15(3,4)11-6-9-13/h3-4,6-9,12H,5,10-11H2,1-2H3;6-7,10-11H,5,8-9,12H2,1-4H3. The number of benzene rings is 2. The average Bonchev–Trinajstić information content (AvgIpc) is 2.85. The smallest absolute Gasteiger partial charge is 0.0567 e. The van der Waals surface area contributed by atoms with Gasteiger partial charge in [-0.05, 0) is 102 Å². The Kier molecular flexibility index (Phi) is 10.8. The van der Waals surface area contributed by atoms with E-state index in [1.165, 1.54) is 45.2 Å². The second-order valence-corrected chi connectivity index (χ2v) is 12.4. The maximum Gasteiger partial charge on any atom is 0.0567 e. The van der Waals surface area contributed by atoms with Gasteiger partial charge in [-0.1, -0.05) is 84.8 Å². The largest absolute Gasteiger partial charge is 0.340 e. The van der Waals surface area contributed by atoms with Crippen LogP contribution in [0.15, 0.2) is 87.7 Å². The molecule has 1 aliphatic heterocycles. The summed E-state index contributed by atoms with van der Waals surface area (Å²) >= 11 is 8.03. The van der Waals surface area contributed by atoms with Crippen molar-refractivity contribution in [1.29, 1.82) is 0 Å². The van der Waals surface area contributed by atoms with Gasteiger partial charge in [0.15, 0.2) is 0 Å². The van der Waals surface area contributed by atoms with Crippen molar-refractivity contribution in [2.75, 3.05) is 32.1 Å². The van der Waals surface area contributed by atoms with E-state index in [0.717, 1.165) is 37.4 Å². The number of allylic oxidation sites excluding steroid dienone is 6. The van der Waals surface area contributed by atoms with Gasteiger partial charge in [0.1, 0.15) is 0 Å². The number of anilines is 2. The number of rotatable bonds is 4. The van der Waals surface area contributed by atoms with Gasteiger partial charge in [-0.2, -0.15) is 0 Å². The minimum atomic E-state index is 0.311. The van der Waals surface area contributed by atoms with Crippen LogP contribution in [0.3, 0.4) is 0 Å². The lowest BCUT2D eigenvalue weighted by atomic mass is 9.87. The van der Waals surface area contributed by atoms with Crippen LogP contribution in [0.2, 0.25) is 5.02 Å². The summed E-state index contributed by atoms with van der Waals surface area (Å²) in [5.74, 6) is 0. The third-order valence-corrected chi connectivity index (χ3v) is 7.96. The highest BCUT2D eigenvalue weighted by Gasteiger charge is 2.23. The molecule has 0 fully saturated rings. The molecular formula is C32H43ClN2S. The molecule has 2 aromatic carbocycles. The highest BCUT2D eigenvalue weighted by atomic mass is 35.5. The summed E-state index contributed by atoms with van der Waals surface area (Å²) in [6, 6.07) is 14.8. The molecule has 0 aromatic heterocycles. The molecule has 4 heteroatoms. The highest BCUT2D eigenvalue weighted by Crippen LogP contribution is 2.48. The van der Waals surface area contributed by atoms with Crippen molar-refractivity contribution in [1.82, 2.24) is 4.90 Å². The van der Waals surface area contributed by atoms with Gasteiger partial charge in [-0.25, -0.2) is 0 Å². The summed E-state index contributed by atoms with van der Waals surface area (Å²) in [4.78, 5) is 7.22. The topological polar surface area (TPSA) is 6.48 Å². The van der Waals surface area contributed by atoms with E-state index < -0.39 is 0 Å². The highest BCUT2D eigenvalue weighted by molar-refractivity contribution is 7.99. The van der Waals surface area contributed by atoms with Crippen LogP contribution in [0.4, 0.5) is 11.4 Å². The number of fused-ring (bicyclic) bond motifs is 2. The SMILES string of the molecule is CC1=CCCC(C)=CCC(C)(C)C=CC1.CN(C)CCCN1c2ccccc2Sc2ccc(Cl)cc21. The van der Waals surface area contributed by atoms with Gasteiger partial charge >= 0.3 is 0 Å². The molecule has 0 bridgehead atoms.